The van der Waals surface area contributed by atoms with E-state index in [1.807, 2.05) is 6.07 Å². The van der Waals surface area contributed by atoms with Crippen molar-refractivity contribution in [2.75, 3.05) is 0 Å². The molecule has 3 amide bonds. The highest BCUT2D eigenvalue weighted by atomic mass is 16.2. The Balaban J connectivity index is 1.15. The highest BCUT2D eigenvalue weighted by Crippen LogP contribution is 2.48. The van der Waals surface area contributed by atoms with Crippen LogP contribution in [0.3, 0.4) is 0 Å². The minimum atomic E-state index is -0.654. The van der Waals surface area contributed by atoms with Crippen LogP contribution in [-0.2, 0) is 16.1 Å². The third-order valence-corrected chi connectivity index (χ3v) is 7.82. The molecule has 6 rings (SSSR count). The zero-order valence-electron chi connectivity index (χ0n) is 19.3. The fourth-order valence-electron chi connectivity index (χ4n) is 6.02. The van der Waals surface area contributed by atoms with E-state index in [4.69, 9.17) is 5.73 Å². The number of aromatic nitrogens is 3. The van der Waals surface area contributed by atoms with Gasteiger partial charge in [-0.1, -0.05) is 30.3 Å². The Bertz CT molecular complexity index is 1300. The monoisotopic (exact) mass is 472 g/mol. The smallest absolute Gasteiger partial charge is 0.269 e. The number of nitrogens with one attached hydrogen (secondary N) is 1. The molecule has 1 saturated heterocycles. The number of nitrogens with two attached hydrogens (primary N) is 1. The number of benzene rings is 1. The summed E-state index contributed by atoms with van der Waals surface area (Å²) in [6.07, 6.45) is 7.68. The van der Waals surface area contributed by atoms with Gasteiger partial charge in [-0.25, -0.2) is 0 Å². The van der Waals surface area contributed by atoms with Crippen molar-refractivity contribution < 1.29 is 14.4 Å². The number of primary amides is 1. The van der Waals surface area contributed by atoms with Gasteiger partial charge < -0.3 is 16.0 Å². The van der Waals surface area contributed by atoms with E-state index >= 15 is 0 Å². The van der Waals surface area contributed by atoms with Crippen molar-refractivity contribution in [3.8, 4) is 0 Å². The standard InChI is InChI=1S/C26H28N6O3/c27-25(34)24-19-8-9-28-13-22(19)31(30-24)14-23(33)32-20-11-17(20)12-21(32)26(35)29-18-7-6-16(10-18)15-4-2-1-3-5-15/h1-5,8-9,13,16-18,20-21H,6-7,10-12,14H2,(H2,27,34)(H,29,35)/t16?,17-,18+,20-,21+/m1/s1. The first-order valence-electron chi connectivity index (χ1n) is 12.3. The summed E-state index contributed by atoms with van der Waals surface area (Å²) in [4.78, 5) is 44.4. The number of carbonyl (C=O) groups is 3. The predicted octanol–water partition coefficient (Wildman–Crippen LogP) is 1.97. The van der Waals surface area contributed by atoms with Gasteiger partial charge in [-0.05, 0) is 55.6 Å². The predicted molar refractivity (Wildman–Crippen MR) is 128 cm³/mol. The Morgan fingerprint density at radius 3 is 2.69 bits per heavy atom. The average molecular weight is 473 g/mol. The zero-order chi connectivity index (χ0) is 24.1. The molecule has 9 nitrogen and oxygen atoms in total. The van der Waals surface area contributed by atoms with Crippen molar-refractivity contribution in [2.24, 2.45) is 11.7 Å². The third kappa shape index (κ3) is 3.94. The summed E-state index contributed by atoms with van der Waals surface area (Å²) in [5, 5.41) is 8.08. The lowest BCUT2D eigenvalue weighted by molar-refractivity contribution is -0.140. The number of hydrogen-bond donors (Lipinski definition) is 2. The van der Waals surface area contributed by atoms with Crippen LogP contribution in [0.15, 0.2) is 48.8 Å². The van der Waals surface area contributed by atoms with Crippen LogP contribution < -0.4 is 11.1 Å². The van der Waals surface area contributed by atoms with Crippen molar-refractivity contribution in [1.82, 2.24) is 25.0 Å². The average Bonchev–Trinajstić information content (AvgIpc) is 3.20. The molecule has 0 spiro atoms. The summed E-state index contributed by atoms with van der Waals surface area (Å²) in [5.74, 6) is -0.0505. The molecule has 5 atom stereocenters. The quantitative estimate of drug-likeness (QED) is 0.568. The van der Waals surface area contributed by atoms with Crippen LogP contribution in [0, 0.1) is 5.92 Å². The highest BCUT2D eigenvalue weighted by molar-refractivity contribution is 6.04. The molecular formula is C26H28N6O3. The van der Waals surface area contributed by atoms with E-state index in [1.165, 1.54) is 10.2 Å². The highest BCUT2D eigenvalue weighted by Gasteiger charge is 2.56. The minimum Gasteiger partial charge on any atom is -0.364 e. The second kappa shape index (κ2) is 8.48. The Morgan fingerprint density at radius 1 is 1.06 bits per heavy atom. The number of carbonyl (C=O) groups excluding carboxylic acids is 3. The van der Waals surface area contributed by atoms with Crippen molar-refractivity contribution in [1.29, 1.82) is 0 Å². The summed E-state index contributed by atoms with van der Waals surface area (Å²) >= 11 is 0. The van der Waals surface area contributed by atoms with Crippen molar-refractivity contribution in [2.45, 2.75) is 62.7 Å². The largest absolute Gasteiger partial charge is 0.364 e. The Kier molecular flexibility index (Phi) is 5.27. The van der Waals surface area contributed by atoms with E-state index in [2.05, 4.69) is 39.7 Å². The van der Waals surface area contributed by atoms with Crippen molar-refractivity contribution in [3.05, 3.63) is 60.0 Å². The van der Waals surface area contributed by atoms with Crippen LogP contribution in [-0.4, -0.2) is 55.5 Å². The van der Waals surface area contributed by atoms with Gasteiger partial charge in [-0.2, -0.15) is 5.10 Å². The van der Waals surface area contributed by atoms with Gasteiger partial charge in [0.25, 0.3) is 5.91 Å². The molecular weight excluding hydrogens is 444 g/mol. The maximum absolute atomic E-state index is 13.4. The summed E-state index contributed by atoms with van der Waals surface area (Å²) < 4.78 is 1.47. The first-order valence-corrected chi connectivity index (χ1v) is 12.3. The molecule has 0 bridgehead atoms. The lowest BCUT2D eigenvalue weighted by Gasteiger charge is -2.28. The number of rotatable bonds is 6. The number of amides is 3. The van der Waals surface area contributed by atoms with Gasteiger partial charge in [0, 0.05) is 23.7 Å². The summed E-state index contributed by atoms with van der Waals surface area (Å²) in [6, 6.07) is 11.9. The second-order valence-corrected chi connectivity index (χ2v) is 10.0. The zero-order valence-corrected chi connectivity index (χ0v) is 19.3. The molecule has 3 fully saturated rings. The molecule has 2 aliphatic carbocycles. The van der Waals surface area contributed by atoms with Gasteiger partial charge in [0.05, 0.1) is 11.7 Å². The first kappa shape index (κ1) is 21.8. The molecule has 9 heteroatoms. The van der Waals surface area contributed by atoms with Gasteiger partial charge >= 0.3 is 0 Å². The number of likely N-dealkylation sites (tertiary alicyclic amines) is 1. The number of piperidine rings is 1. The summed E-state index contributed by atoms with van der Waals surface area (Å²) in [6.45, 7) is -0.0675. The lowest BCUT2D eigenvalue weighted by atomic mass is 9.97. The van der Waals surface area contributed by atoms with E-state index in [0.717, 1.165) is 25.7 Å². The molecule has 1 unspecified atom stereocenters. The SMILES string of the molecule is NC(=O)c1nn(CC(=O)N2[C@@H]3C[C@@H]3C[C@H]2C(=O)N[C@H]2CCC(c3ccccc3)C2)c2cnccc12. The van der Waals surface area contributed by atoms with Crippen LogP contribution in [0.1, 0.15) is 54.1 Å². The molecule has 180 valence electrons. The normalized spacial score (nSPS) is 27.1. The molecule has 3 heterocycles. The van der Waals surface area contributed by atoms with E-state index in [1.54, 1.807) is 23.4 Å². The van der Waals surface area contributed by atoms with E-state index in [0.29, 0.717) is 29.2 Å². The molecule has 2 saturated carbocycles. The van der Waals surface area contributed by atoms with E-state index < -0.39 is 11.9 Å². The van der Waals surface area contributed by atoms with Crippen LogP contribution in [0.2, 0.25) is 0 Å². The number of pyridine rings is 1. The fourth-order valence-corrected chi connectivity index (χ4v) is 6.02. The van der Waals surface area contributed by atoms with Crippen LogP contribution in [0.25, 0.3) is 10.9 Å². The van der Waals surface area contributed by atoms with Gasteiger partial charge in [-0.3, -0.25) is 24.0 Å². The summed E-state index contributed by atoms with van der Waals surface area (Å²) in [7, 11) is 0. The molecule has 35 heavy (non-hydrogen) atoms. The molecule has 1 aromatic carbocycles. The van der Waals surface area contributed by atoms with Crippen LogP contribution in [0.4, 0.5) is 0 Å². The Hall–Kier alpha value is -3.75. The van der Waals surface area contributed by atoms with Gasteiger partial charge in [0.15, 0.2) is 5.69 Å². The fraction of sp³-hybridized carbons (Fsp3) is 0.423. The summed E-state index contributed by atoms with van der Waals surface area (Å²) in [5.41, 5.74) is 7.48. The topological polar surface area (TPSA) is 123 Å². The van der Waals surface area contributed by atoms with Crippen LogP contribution >= 0.6 is 0 Å². The molecule has 3 aromatic rings. The number of fused-ring (bicyclic) bond motifs is 2. The van der Waals surface area contributed by atoms with Crippen molar-refractivity contribution in [3.63, 3.8) is 0 Å². The maximum Gasteiger partial charge on any atom is 0.269 e. The maximum atomic E-state index is 13.4. The molecule has 3 N–H and O–H groups in total. The molecule has 3 aliphatic rings. The van der Waals surface area contributed by atoms with Crippen LogP contribution in [0.5, 0.6) is 0 Å². The Labute approximate surface area is 202 Å². The minimum absolute atomic E-state index is 0.0610. The van der Waals surface area contributed by atoms with Crippen molar-refractivity contribution >= 4 is 28.6 Å². The van der Waals surface area contributed by atoms with E-state index in [-0.39, 0.29) is 36.1 Å². The number of hydrogen-bond acceptors (Lipinski definition) is 5. The molecule has 0 radical (unpaired) electrons. The van der Waals surface area contributed by atoms with Gasteiger partial charge in [-0.15, -0.1) is 0 Å². The lowest BCUT2D eigenvalue weighted by Crippen LogP contribution is -2.50. The Morgan fingerprint density at radius 2 is 1.89 bits per heavy atom. The van der Waals surface area contributed by atoms with E-state index in [9.17, 15) is 14.4 Å². The molecule has 1 aliphatic heterocycles. The molecule has 2 aromatic heterocycles. The first-order chi connectivity index (χ1) is 17.0. The van der Waals surface area contributed by atoms with Gasteiger partial charge in [0.2, 0.25) is 11.8 Å². The third-order valence-electron chi connectivity index (χ3n) is 7.82. The second-order valence-electron chi connectivity index (χ2n) is 10.0. The number of nitrogens with zero attached hydrogens (tertiary/aromatic N) is 4. The van der Waals surface area contributed by atoms with Gasteiger partial charge in [0.1, 0.15) is 12.6 Å².